The van der Waals surface area contributed by atoms with Gasteiger partial charge in [-0.2, -0.15) is 0 Å². The largest absolute Gasteiger partial charge is 0.493 e. The van der Waals surface area contributed by atoms with Crippen LogP contribution in [0.5, 0.6) is 11.5 Å². The summed E-state index contributed by atoms with van der Waals surface area (Å²) >= 11 is 0. The molecule has 1 aromatic rings. The molecule has 96 valence electrons. The normalized spacial score (nSPS) is 10.6. The van der Waals surface area contributed by atoms with E-state index in [1.54, 1.807) is 7.11 Å². The van der Waals surface area contributed by atoms with Crippen molar-refractivity contribution >= 4 is 0 Å². The summed E-state index contributed by atoms with van der Waals surface area (Å²) in [5.41, 5.74) is 1.14. The van der Waals surface area contributed by atoms with E-state index in [2.05, 4.69) is 18.3 Å². The van der Waals surface area contributed by atoms with Gasteiger partial charge >= 0.3 is 0 Å². The summed E-state index contributed by atoms with van der Waals surface area (Å²) in [6.45, 7) is 8.03. The highest BCUT2D eigenvalue weighted by Gasteiger charge is 2.11. The topological polar surface area (TPSA) is 30.5 Å². The van der Waals surface area contributed by atoms with Crippen molar-refractivity contribution in [1.82, 2.24) is 5.32 Å². The average Bonchev–Trinajstić information content (AvgIpc) is 2.30. The summed E-state index contributed by atoms with van der Waals surface area (Å²) in [6, 6.07) is 6.00. The lowest BCUT2D eigenvalue weighted by Gasteiger charge is -2.17. The molecule has 0 atom stereocenters. The fourth-order valence-electron chi connectivity index (χ4n) is 1.63. The lowest BCUT2D eigenvalue weighted by molar-refractivity contribution is 0.227. The molecular formula is C14H23NO2. The van der Waals surface area contributed by atoms with Gasteiger partial charge in [0.15, 0.2) is 11.5 Å². The molecule has 0 bridgehead atoms. The minimum atomic E-state index is 0.149. The number of hydrogen-bond donors (Lipinski definition) is 1. The number of para-hydroxylation sites is 1. The van der Waals surface area contributed by atoms with Crippen LogP contribution in [0, 0.1) is 0 Å². The molecule has 0 aliphatic rings. The molecule has 0 spiro atoms. The zero-order chi connectivity index (χ0) is 12.7. The Balaban J connectivity index is 2.85. The Kier molecular flexibility index (Phi) is 5.84. The first kappa shape index (κ1) is 13.8. The van der Waals surface area contributed by atoms with Gasteiger partial charge in [0, 0.05) is 12.1 Å². The summed E-state index contributed by atoms with van der Waals surface area (Å²) in [4.78, 5) is 0. The number of methoxy groups -OCH3 is 1. The Hall–Kier alpha value is -1.22. The third-order valence-electron chi connectivity index (χ3n) is 2.38. The lowest BCUT2D eigenvalue weighted by atomic mass is 10.1. The van der Waals surface area contributed by atoms with Crippen LogP contribution in [0.4, 0.5) is 0 Å². The van der Waals surface area contributed by atoms with E-state index in [9.17, 15) is 0 Å². The van der Waals surface area contributed by atoms with Crippen LogP contribution in [0.3, 0.4) is 0 Å². The Labute approximate surface area is 104 Å². The molecule has 17 heavy (non-hydrogen) atoms. The molecule has 0 amide bonds. The fourth-order valence-corrected chi connectivity index (χ4v) is 1.63. The van der Waals surface area contributed by atoms with Crippen LogP contribution < -0.4 is 14.8 Å². The van der Waals surface area contributed by atoms with E-state index >= 15 is 0 Å². The number of benzene rings is 1. The lowest BCUT2D eigenvalue weighted by Crippen LogP contribution is -2.16. The Morgan fingerprint density at radius 3 is 2.65 bits per heavy atom. The van der Waals surface area contributed by atoms with Crippen molar-refractivity contribution < 1.29 is 9.47 Å². The van der Waals surface area contributed by atoms with Crippen molar-refractivity contribution in [1.29, 1.82) is 0 Å². The predicted octanol–water partition coefficient (Wildman–Crippen LogP) is 2.98. The monoisotopic (exact) mass is 237 g/mol. The molecule has 0 heterocycles. The molecular weight excluding hydrogens is 214 g/mol. The van der Waals surface area contributed by atoms with Gasteiger partial charge in [-0.05, 0) is 32.9 Å². The van der Waals surface area contributed by atoms with E-state index in [1.807, 2.05) is 26.0 Å². The summed E-state index contributed by atoms with van der Waals surface area (Å²) in [5.74, 6) is 1.66. The van der Waals surface area contributed by atoms with Crippen LogP contribution >= 0.6 is 0 Å². The highest BCUT2D eigenvalue weighted by molar-refractivity contribution is 5.46. The van der Waals surface area contributed by atoms with E-state index in [0.29, 0.717) is 0 Å². The van der Waals surface area contributed by atoms with Gasteiger partial charge < -0.3 is 14.8 Å². The van der Waals surface area contributed by atoms with Gasteiger partial charge in [-0.25, -0.2) is 0 Å². The van der Waals surface area contributed by atoms with Gasteiger partial charge in [0.05, 0.1) is 13.2 Å². The number of nitrogens with one attached hydrogen (secondary N) is 1. The third kappa shape index (κ3) is 4.27. The average molecular weight is 237 g/mol. The van der Waals surface area contributed by atoms with Crippen LogP contribution in [0.2, 0.25) is 0 Å². The van der Waals surface area contributed by atoms with Crippen molar-refractivity contribution in [3.8, 4) is 11.5 Å². The smallest absolute Gasteiger partial charge is 0.166 e. The Morgan fingerprint density at radius 2 is 2.06 bits per heavy atom. The van der Waals surface area contributed by atoms with E-state index in [1.165, 1.54) is 0 Å². The second-order valence-electron chi connectivity index (χ2n) is 4.29. The van der Waals surface area contributed by atoms with Crippen LogP contribution in [0.15, 0.2) is 18.2 Å². The van der Waals surface area contributed by atoms with Crippen molar-refractivity contribution in [2.24, 2.45) is 0 Å². The van der Waals surface area contributed by atoms with Gasteiger partial charge in [-0.1, -0.05) is 19.1 Å². The summed E-state index contributed by atoms with van der Waals surface area (Å²) < 4.78 is 11.2. The van der Waals surface area contributed by atoms with Crippen molar-refractivity contribution in [2.45, 2.75) is 39.8 Å². The molecule has 0 saturated heterocycles. The maximum atomic E-state index is 5.83. The molecule has 0 aliphatic carbocycles. The van der Waals surface area contributed by atoms with E-state index in [0.717, 1.165) is 36.6 Å². The molecule has 0 aliphatic heterocycles. The third-order valence-corrected chi connectivity index (χ3v) is 2.38. The van der Waals surface area contributed by atoms with Gasteiger partial charge in [0.1, 0.15) is 0 Å². The van der Waals surface area contributed by atoms with Gasteiger partial charge in [-0.3, -0.25) is 0 Å². The van der Waals surface area contributed by atoms with E-state index < -0.39 is 0 Å². The molecule has 0 radical (unpaired) electrons. The molecule has 0 aromatic heterocycles. The first-order valence-electron chi connectivity index (χ1n) is 6.22. The number of rotatable bonds is 7. The van der Waals surface area contributed by atoms with Crippen molar-refractivity contribution in [3.63, 3.8) is 0 Å². The van der Waals surface area contributed by atoms with Crippen molar-refractivity contribution in [3.05, 3.63) is 23.8 Å². The van der Waals surface area contributed by atoms with Crippen LogP contribution in [0.1, 0.15) is 32.8 Å². The molecule has 0 fully saturated rings. The number of ether oxygens (including phenoxy) is 2. The summed E-state index contributed by atoms with van der Waals surface area (Å²) in [6.07, 6.45) is 1.28. The van der Waals surface area contributed by atoms with Gasteiger partial charge in [0.25, 0.3) is 0 Å². The molecule has 0 unspecified atom stereocenters. The second kappa shape index (κ2) is 7.17. The Morgan fingerprint density at radius 1 is 1.29 bits per heavy atom. The molecule has 1 aromatic carbocycles. The first-order chi connectivity index (χ1) is 8.19. The van der Waals surface area contributed by atoms with Crippen LogP contribution in [-0.4, -0.2) is 19.8 Å². The van der Waals surface area contributed by atoms with E-state index in [-0.39, 0.29) is 6.10 Å². The highest BCUT2D eigenvalue weighted by Crippen LogP contribution is 2.31. The quantitative estimate of drug-likeness (QED) is 0.740. The molecule has 3 heteroatoms. The highest BCUT2D eigenvalue weighted by atomic mass is 16.5. The molecule has 0 saturated carbocycles. The molecule has 1 rings (SSSR count). The van der Waals surface area contributed by atoms with Gasteiger partial charge in [0.2, 0.25) is 0 Å². The minimum Gasteiger partial charge on any atom is -0.493 e. The fraction of sp³-hybridized carbons (Fsp3) is 0.571. The summed E-state index contributed by atoms with van der Waals surface area (Å²) in [5, 5.41) is 3.38. The van der Waals surface area contributed by atoms with E-state index in [4.69, 9.17) is 9.47 Å². The predicted molar refractivity (Wildman–Crippen MR) is 70.8 cm³/mol. The minimum absolute atomic E-state index is 0.149. The molecule has 3 nitrogen and oxygen atoms in total. The zero-order valence-corrected chi connectivity index (χ0v) is 11.2. The standard InChI is InChI=1S/C14H23NO2/c1-5-9-15-10-12-7-6-8-13(16-4)14(12)17-11(2)3/h6-8,11,15H,5,9-10H2,1-4H3. The number of hydrogen-bond acceptors (Lipinski definition) is 3. The first-order valence-corrected chi connectivity index (χ1v) is 6.22. The van der Waals surface area contributed by atoms with Crippen molar-refractivity contribution in [2.75, 3.05) is 13.7 Å². The van der Waals surface area contributed by atoms with Gasteiger partial charge in [-0.15, -0.1) is 0 Å². The van der Waals surface area contributed by atoms with Crippen LogP contribution in [0.25, 0.3) is 0 Å². The Bertz CT molecular complexity index is 337. The second-order valence-corrected chi connectivity index (χ2v) is 4.29. The van der Waals surface area contributed by atoms with Crippen LogP contribution in [-0.2, 0) is 6.54 Å². The SMILES string of the molecule is CCCNCc1cccc(OC)c1OC(C)C. The summed E-state index contributed by atoms with van der Waals surface area (Å²) in [7, 11) is 1.67. The maximum absolute atomic E-state index is 5.83. The maximum Gasteiger partial charge on any atom is 0.166 e. The zero-order valence-electron chi connectivity index (χ0n) is 11.2. The molecule has 1 N–H and O–H groups in total.